The number of piperidine rings is 1. The van der Waals surface area contributed by atoms with Crippen LogP contribution in [-0.4, -0.2) is 44.5 Å². The van der Waals surface area contributed by atoms with Gasteiger partial charge in [-0.15, -0.1) is 11.3 Å². The Hall–Kier alpha value is -1.28. The molecule has 0 amide bonds. The number of likely N-dealkylation sites (tertiary alicyclic amines) is 1. The van der Waals surface area contributed by atoms with E-state index in [-0.39, 0.29) is 4.90 Å². The summed E-state index contributed by atoms with van der Waals surface area (Å²) < 4.78 is 26.9. The molecule has 0 bridgehead atoms. The molecule has 23 heavy (non-hydrogen) atoms. The van der Waals surface area contributed by atoms with Crippen LogP contribution in [-0.2, 0) is 10.0 Å². The van der Waals surface area contributed by atoms with Crippen molar-refractivity contribution in [1.29, 1.82) is 0 Å². The molecule has 5 nitrogen and oxygen atoms in total. The highest BCUT2D eigenvalue weighted by Crippen LogP contribution is 2.30. The number of hydrogen-bond donors (Lipinski definition) is 1. The number of pyridine rings is 1. The number of nitrogens with one attached hydrogen (secondary N) is 1. The van der Waals surface area contributed by atoms with E-state index >= 15 is 0 Å². The van der Waals surface area contributed by atoms with E-state index in [2.05, 4.69) is 32.1 Å². The van der Waals surface area contributed by atoms with Crippen molar-refractivity contribution < 1.29 is 8.42 Å². The Morgan fingerprint density at radius 2 is 2.09 bits per heavy atom. The monoisotopic (exact) mass is 351 g/mol. The third-order valence-corrected chi connectivity index (χ3v) is 6.68. The molecule has 0 aliphatic carbocycles. The fraction of sp³-hybridized carbons (Fsp3) is 0.438. The molecule has 0 radical (unpaired) electrons. The first kappa shape index (κ1) is 16.6. The molecule has 0 spiro atoms. The van der Waals surface area contributed by atoms with Gasteiger partial charge >= 0.3 is 0 Å². The first-order valence-electron chi connectivity index (χ1n) is 7.80. The number of aromatic nitrogens is 1. The summed E-state index contributed by atoms with van der Waals surface area (Å²) in [7, 11) is -3.44. The highest BCUT2D eigenvalue weighted by atomic mass is 32.2. The Morgan fingerprint density at radius 1 is 1.26 bits per heavy atom. The van der Waals surface area contributed by atoms with Gasteiger partial charge in [-0.05, 0) is 55.4 Å². The second-order valence-electron chi connectivity index (χ2n) is 5.72. The van der Waals surface area contributed by atoms with Gasteiger partial charge in [-0.2, -0.15) is 0 Å². The van der Waals surface area contributed by atoms with Gasteiger partial charge in [0.25, 0.3) is 0 Å². The van der Waals surface area contributed by atoms with E-state index in [4.69, 9.17) is 0 Å². The molecule has 7 heteroatoms. The van der Waals surface area contributed by atoms with Crippen LogP contribution < -0.4 is 4.72 Å². The summed E-state index contributed by atoms with van der Waals surface area (Å²) >= 11 is 1.83. The fourth-order valence-electron chi connectivity index (χ4n) is 2.89. The number of nitrogens with zero attached hydrogens (tertiary/aromatic N) is 2. The van der Waals surface area contributed by atoms with E-state index < -0.39 is 10.0 Å². The standard InChI is InChI=1S/C16H21N3O2S2/c20-23(21,15-3-1-7-17-13-15)18-8-11-19-9-5-14(6-10-19)16-4-2-12-22-16/h1-4,7,12-14,18H,5-6,8-11H2. The van der Waals surface area contributed by atoms with Crippen molar-refractivity contribution in [1.82, 2.24) is 14.6 Å². The van der Waals surface area contributed by atoms with Crippen LogP contribution in [0, 0.1) is 0 Å². The van der Waals surface area contributed by atoms with Crippen LogP contribution in [0.1, 0.15) is 23.6 Å². The largest absolute Gasteiger partial charge is 0.302 e. The average Bonchev–Trinajstić information content (AvgIpc) is 3.11. The van der Waals surface area contributed by atoms with Crippen molar-refractivity contribution in [2.45, 2.75) is 23.7 Å². The molecule has 2 aromatic rings. The van der Waals surface area contributed by atoms with Gasteiger partial charge in [0.15, 0.2) is 0 Å². The van der Waals surface area contributed by atoms with E-state index in [0.29, 0.717) is 12.5 Å². The first-order chi connectivity index (χ1) is 11.1. The lowest BCUT2D eigenvalue weighted by Gasteiger charge is -2.31. The molecule has 0 aromatic carbocycles. The van der Waals surface area contributed by atoms with Crippen LogP contribution in [0.2, 0.25) is 0 Å². The molecule has 2 aromatic heterocycles. The third kappa shape index (κ3) is 4.38. The summed E-state index contributed by atoms with van der Waals surface area (Å²) in [6, 6.07) is 7.51. The molecule has 1 N–H and O–H groups in total. The van der Waals surface area contributed by atoms with Gasteiger partial charge in [0.1, 0.15) is 4.90 Å². The molecule has 124 valence electrons. The van der Waals surface area contributed by atoms with E-state index in [1.165, 1.54) is 11.1 Å². The van der Waals surface area contributed by atoms with Crippen molar-refractivity contribution >= 4 is 21.4 Å². The first-order valence-corrected chi connectivity index (χ1v) is 10.2. The van der Waals surface area contributed by atoms with Crippen LogP contribution in [0.4, 0.5) is 0 Å². The van der Waals surface area contributed by atoms with Gasteiger partial charge in [-0.3, -0.25) is 4.98 Å². The minimum atomic E-state index is -3.44. The van der Waals surface area contributed by atoms with Gasteiger partial charge in [0, 0.05) is 30.4 Å². The van der Waals surface area contributed by atoms with E-state index in [0.717, 1.165) is 32.5 Å². The van der Waals surface area contributed by atoms with Crippen molar-refractivity contribution in [3.8, 4) is 0 Å². The van der Waals surface area contributed by atoms with E-state index in [1.54, 1.807) is 18.3 Å². The summed E-state index contributed by atoms with van der Waals surface area (Å²) in [5.74, 6) is 0.665. The quantitative estimate of drug-likeness (QED) is 0.867. The minimum absolute atomic E-state index is 0.219. The molecular weight excluding hydrogens is 330 g/mol. The molecule has 3 rings (SSSR count). The van der Waals surface area contributed by atoms with E-state index in [1.807, 2.05) is 11.3 Å². The molecule has 0 unspecified atom stereocenters. The zero-order valence-electron chi connectivity index (χ0n) is 12.9. The number of thiophene rings is 1. The van der Waals surface area contributed by atoms with E-state index in [9.17, 15) is 8.42 Å². The zero-order chi connectivity index (χ0) is 16.1. The summed E-state index contributed by atoms with van der Waals surface area (Å²) in [5.41, 5.74) is 0. The van der Waals surface area contributed by atoms with Crippen LogP contribution in [0.25, 0.3) is 0 Å². The SMILES string of the molecule is O=S(=O)(NCCN1CCC(c2cccs2)CC1)c1cccnc1. The van der Waals surface area contributed by atoms with Gasteiger partial charge in [0.2, 0.25) is 10.0 Å². The predicted octanol–water partition coefficient (Wildman–Crippen LogP) is 2.30. The van der Waals surface area contributed by atoms with Crippen molar-refractivity contribution in [3.05, 3.63) is 46.9 Å². The molecule has 3 heterocycles. The summed E-state index contributed by atoms with van der Waals surface area (Å²) in [6.07, 6.45) is 5.23. The summed E-state index contributed by atoms with van der Waals surface area (Å²) in [5, 5.41) is 2.13. The highest BCUT2D eigenvalue weighted by Gasteiger charge is 2.21. The Morgan fingerprint density at radius 3 is 2.74 bits per heavy atom. The van der Waals surface area contributed by atoms with Crippen molar-refractivity contribution in [3.63, 3.8) is 0 Å². The topological polar surface area (TPSA) is 62.3 Å². The van der Waals surface area contributed by atoms with Gasteiger partial charge in [0.05, 0.1) is 0 Å². The molecule has 0 saturated carbocycles. The maximum Gasteiger partial charge on any atom is 0.242 e. The second-order valence-corrected chi connectivity index (χ2v) is 8.46. The molecule has 1 aliphatic heterocycles. The molecular formula is C16H21N3O2S2. The van der Waals surface area contributed by atoms with Crippen LogP contribution in [0.5, 0.6) is 0 Å². The summed E-state index contributed by atoms with van der Waals surface area (Å²) in [4.78, 5) is 7.88. The molecule has 1 saturated heterocycles. The van der Waals surface area contributed by atoms with Crippen LogP contribution in [0.3, 0.4) is 0 Å². The molecule has 1 aliphatic rings. The van der Waals surface area contributed by atoms with Crippen molar-refractivity contribution in [2.75, 3.05) is 26.2 Å². The fourth-order valence-corrected chi connectivity index (χ4v) is 4.78. The van der Waals surface area contributed by atoms with Crippen LogP contribution in [0.15, 0.2) is 46.9 Å². The Bertz CT molecular complexity index is 694. The third-order valence-electron chi connectivity index (χ3n) is 4.20. The lowest BCUT2D eigenvalue weighted by Crippen LogP contribution is -2.39. The van der Waals surface area contributed by atoms with Gasteiger partial charge in [-0.1, -0.05) is 6.07 Å². The summed E-state index contributed by atoms with van der Waals surface area (Å²) in [6.45, 7) is 3.23. The van der Waals surface area contributed by atoms with Crippen molar-refractivity contribution in [2.24, 2.45) is 0 Å². The zero-order valence-corrected chi connectivity index (χ0v) is 14.5. The number of hydrogen-bond acceptors (Lipinski definition) is 5. The Labute approximate surface area is 141 Å². The van der Waals surface area contributed by atoms with Gasteiger partial charge < -0.3 is 4.90 Å². The molecule has 1 fully saturated rings. The number of rotatable bonds is 6. The Kier molecular flexibility index (Phi) is 5.42. The highest BCUT2D eigenvalue weighted by molar-refractivity contribution is 7.89. The lowest BCUT2D eigenvalue weighted by atomic mass is 9.95. The maximum absolute atomic E-state index is 12.1. The van der Waals surface area contributed by atoms with Gasteiger partial charge in [-0.25, -0.2) is 13.1 Å². The second kappa shape index (κ2) is 7.53. The smallest absolute Gasteiger partial charge is 0.242 e. The maximum atomic E-state index is 12.1. The minimum Gasteiger partial charge on any atom is -0.302 e. The predicted molar refractivity (Wildman–Crippen MR) is 92.2 cm³/mol. The number of sulfonamides is 1. The molecule has 0 atom stereocenters. The average molecular weight is 351 g/mol. The van der Waals surface area contributed by atoms with Crippen LogP contribution >= 0.6 is 11.3 Å². The normalized spacial score (nSPS) is 17.4. The Balaban J connectivity index is 1.44. The lowest BCUT2D eigenvalue weighted by molar-refractivity contribution is 0.217.